The van der Waals surface area contributed by atoms with E-state index in [1.54, 1.807) is 7.11 Å². The van der Waals surface area contributed by atoms with Gasteiger partial charge in [-0.1, -0.05) is 6.42 Å². The molecule has 1 saturated carbocycles. The van der Waals surface area contributed by atoms with Crippen LogP contribution in [0.25, 0.3) is 0 Å². The lowest BCUT2D eigenvalue weighted by molar-refractivity contribution is 0.148. The van der Waals surface area contributed by atoms with Crippen molar-refractivity contribution < 1.29 is 4.74 Å². The van der Waals surface area contributed by atoms with Gasteiger partial charge in [-0.3, -0.25) is 0 Å². The monoisotopic (exact) mass is 129 g/mol. The van der Waals surface area contributed by atoms with Gasteiger partial charge in [-0.15, -0.1) is 0 Å². The summed E-state index contributed by atoms with van der Waals surface area (Å²) in [5, 5.41) is 0. The van der Waals surface area contributed by atoms with Crippen molar-refractivity contribution in [3.63, 3.8) is 0 Å². The maximum absolute atomic E-state index is 5.79. The van der Waals surface area contributed by atoms with Crippen LogP contribution in [0.1, 0.15) is 19.3 Å². The van der Waals surface area contributed by atoms with Gasteiger partial charge < -0.3 is 10.5 Å². The van der Waals surface area contributed by atoms with Crippen LogP contribution in [0.5, 0.6) is 0 Å². The molecule has 0 spiro atoms. The number of methoxy groups -OCH3 is 1. The Bertz CT molecular complexity index is 85.0. The Kier molecular flexibility index (Phi) is 2.49. The third kappa shape index (κ3) is 1.66. The maximum atomic E-state index is 5.79. The zero-order valence-corrected chi connectivity index (χ0v) is 5.97. The normalized spacial score (nSPS) is 35.3. The molecule has 54 valence electrons. The summed E-state index contributed by atoms with van der Waals surface area (Å²) in [7, 11) is 1.74. The van der Waals surface area contributed by atoms with E-state index in [2.05, 4.69) is 0 Å². The first-order valence-corrected chi connectivity index (χ1v) is 3.59. The Morgan fingerprint density at radius 2 is 2.33 bits per heavy atom. The van der Waals surface area contributed by atoms with Gasteiger partial charge in [-0.05, 0) is 18.8 Å². The zero-order valence-electron chi connectivity index (χ0n) is 5.97. The number of hydrogen-bond acceptors (Lipinski definition) is 2. The third-order valence-corrected chi connectivity index (χ3v) is 2.10. The standard InChI is InChI=1S/C7H15NO/c1-9-5-6-3-2-4-7(6)8/h6-7H,2-5,8H2,1H3/t6-,7+/m0/s1. The molecule has 0 radical (unpaired) electrons. The number of rotatable bonds is 2. The van der Waals surface area contributed by atoms with Crippen molar-refractivity contribution in [1.82, 2.24) is 0 Å². The molecule has 0 heterocycles. The van der Waals surface area contributed by atoms with Gasteiger partial charge in [-0.25, -0.2) is 0 Å². The van der Waals surface area contributed by atoms with Gasteiger partial charge in [0, 0.05) is 13.2 Å². The zero-order chi connectivity index (χ0) is 6.69. The van der Waals surface area contributed by atoms with Gasteiger partial charge in [0.25, 0.3) is 0 Å². The summed E-state index contributed by atoms with van der Waals surface area (Å²) in [5.41, 5.74) is 5.79. The van der Waals surface area contributed by atoms with Crippen molar-refractivity contribution in [3.8, 4) is 0 Å². The predicted molar refractivity (Wildman–Crippen MR) is 37.2 cm³/mol. The fourth-order valence-corrected chi connectivity index (χ4v) is 1.49. The molecule has 0 bridgehead atoms. The van der Waals surface area contributed by atoms with E-state index in [4.69, 9.17) is 10.5 Å². The summed E-state index contributed by atoms with van der Waals surface area (Å²) in [6, 6.07) is 0.407. The molecule has 1 aliphatic rings. The van der Waals surface area contributed by atoms with Gasteiger partial charge in [0.15, 0.2) is 0 Å². The molecule has 0 aromatic heterocycles. The summed E-state index contributed by atoms with van der Waals surface area (Å²) in [5.74, 6) is 0.634. The molecule has 0 unspecified atom stereocenters. The molecule has 2 nitrogen and oxygen atoms in total. The van der Waals surface area contributed by atoms with Crippen LogP contribution >= 0.6 is 0 Å². The Balaban J connectivity index is 2.22. The molecule has 2 N–H and O–H groups in total. The minimum absolute atomic E-state index is 0.407. The molecule has 1 aliphatic carbocycles. The highest BCUT2D eigenvalue weighted by molar-refractivity contribution is 4.79. The van der Waals surface area contributed by atoms with Crippen LogP contribution < -0.4 is 5.73 Å². The molecule has 1 rings (SSSR count). The Morgan fingerprint density at radius 1 is 1.56 bits per heavy atom. The highest BCUT2D eigenvalue weighted by Gasteiger charge is 2.22. The fraction of sp³-hybridized carbons (Fsp3) is 1.00. The maximum Gasteiger partial charge on any atom is 0.0505 e. The molecule has 9 heavy (non-hydrogen) atoms. The second-order valence-corrected chi connectivity index (χ2v) is 2.81. The molecule has 0 aromatic carbocycles. The quantitative estimate of drug-likeness (QED) is 0.597. The number of hydrogen-bond donors (Lipinski definition) is 1. The molecule has 2 atom stereocenters. The fourth-order valence-electron chi connectivity index (χ4n) is 1.49. The van der Waals surface area contributed by atoms with Gasteiger partial charge in [0.05, 0.1) is 6.61 Å². The first-order chi connectivity index (χ1) is 4.34. The predicted octanol–water partition coefficient (Wildman–Crippen LogP) is 0.760. The van der Waals surface area contributed by atoms with E-state index in [1.807, 2.05) is 0 Å². The molecule has 0 amide bonds. The van der Waals surface area contributed by atoms with E-state index in [0.717, 1.165) is 6.61 Å². The van der Waals surface area contributed by atoms with Crippen LogP contribution in [-0.2, 0) is 4.74 Å². The summed E-state index contributed by atoms with van der Waals surface area (Å²) < 4.78 is 5.02. The number of ether oxygens (including phenoxy) is 1. The topological polar surface area (TPSA) is 35.2 Å². The lowest BCUT2D eigenvalue weighted by atomic mass is 10.1. The van der Waals surface area contributed by atoms with Gasteiger partial charge >= 0.3 is 0 Å². The van der Waals surface area contributed by atoms with Crippen molar-refractivity contribution in [2.75, 3.05) is 13.7 Å². The van der Waals surface area contributed by atoms with E-state index in [9.17, 15) is 0 Å². The molecule has 0 saturated heterocycles. The second-order valence-electron chi connectivity index (χ2n) is 2.81. The van der Waals surface area contributed by atoms with E-state index in [0.29, 0.717) is 12.0 Å². The lowest BCUT2D eigenvalue weighted by Crippen LogP contribution is -2.27. The van der Waals surface area contributed by atoms with Gasteiger partial charge in [0.2, 0.25) is 0 Å². The molecule has 0 aromatic rings. The van der Waals surface area contributed by atoms with Crippen LogP contribution in [0.15, 0.2) is 0 Å². The molecular formula is C7H15NO. The van der Waals surface area contributed by atoms with Crippen molar-refractivity contribution in [2.45, 2.75) is 25.3 Å². The van der Waals surface area contributed by atoms with Gasteiger partial charge in [-0.2, -0.15) is 0 Å². The summed E-state index contributed by atoms with van der Waals surface area (Å²) in [4.78, 5) is 0. The van der Waals surface area contributed by atoms with Crippen LogP contribution in [0, 0.1) is 5.92 Å². The summed E-state index contributed by atoms with van der Waals surface area (Å²) in [6.07, 6.45) is 3.73. The molecule has 0 aliphatic heterocycles. The van der Waals surface area contributed by atoms with Crippen LogP contribution in [-0.4, -0.2) is 19.8 Å². The number of nitrogens with two attached hydrogens (primary N) is 1. The summed E-state index contributed by atoms with van der Waals surface area (Å²) in [6.45, 7) is 0.848. The lowest BCUT2D eigenvalue weighted by Gasteiger charge is -2.12. The van der Waals surface area contributed by atoms with Crippen molar-refractivity contribution in [1.29, 1.82) is 0 Å². The highest BCUT2D eigenvalue weighted by atomic mass is 16.5. The van der Waals surface area contributed by atoms with E-state index >= 15 is 0 Å². The summed E-state index contributed by atoms with van der Waals surface area (Å²) >= 11 is 0. The highest BCUT2D eigenvalue weighted by Crippen LogP contribution is 2.23. The Labute approximate surface area is 56.4 Å². The minimum Gasteiger partial charge on any atom is -0.384 e. The van der Waals surface area contributed by atoms with Crippen LogP contribution in [0.4, 0.5) is 0 Å². The minimum atomic E-state index is 0.407. The first-order valence-electron chi connectivity index (χ1n) is 3.59. The average Bonchev–Trinajstić information content (AvgIpc) is 2.18. The van der Waals surface area contributed by atoms with Gasteiger partial charge in [0.1, 0.15) is 0 Å². The third-order valence-electron chi connectivity index (χ3n) is 2.10. The van der Waals surface area contributed by atoms with E-state index in [1.165, 1.54) is 19.3 Å². The largest absolute Gasteiger partial charge is 0.384 e. The van der Waals surface area contributed by atoms with Crippen LogP contribution in [0.2, 0.25) is 0 Å². The molecular weight excluding hydrogens is 114 g/mol. The van der Waals surface area contributed by atoms with E-state index < -0.39 is 0 Å². The second kappa shape index (κ2) is 3.18. The van der Waals surface area contributed by atoms with Crippen LogP contribution in [0.3, 0.4) is 0 Å². The van der Waals surface area contributed by atoms with Crippen molar-refractivity contribution in [3.05, 3.63) is 0 Å². The first kappa shape index (κ1) is 7.03. The van der Waals surface area contributed by atoms with E-state index in [-0.39, 0.29) is 0 Å². The smallest absolute Gasteiger partial charge is 0.0505 e. The van der Waals surface area contributed by atoms with Crippen molar-refractivity contribution in [2.24, 2.45) is 11.7 Å². The molecule has 2 heteroatoms. The Morgan fingerprint density at radius 3 is 2.78 bits per heavy atom. The molecule has 1 fully saturated rings. The van der Waals surface area contributed by atoms with Crippen molar-refractivity contribution >= 4 is 0 Å². The SMILES string of the molecule is COC[C@@H]1CCC[C@H]1N. The Hall–Kier alpha value is -0.0800. The average molecular weight is 129 g/mol.